The quantitative estimate of drug-likeness (QED) is 0.248. The van der Waals surface area contributed by atoms with Gasteiger partial charge < -0.3 is 14.5 Å². The van der Waals surface area contributed by atoms with E-state index in [4.69, 9.17) is 16.3 Å². The molecule has 0 bridgehead atoms. The van der Waals surface area contributed by atoms with E-state index < -0.39 is 8.07 Å². The van der Waals surface area contributed by atoms with Crippen LogP contribution in [0.15, 0.2) is 48.0 Å². The van der Waals surface area contributed by atoms with Gasteiger partial charge in [0, 0.05) is 39.3 Å². The summed E-state index contributed by atoms with van der Waals surface area (Å²) in [7, 11) is -1.09. The highest BCUT2D eigenvalue weighted by Crippen LogP contribution is 2.30. The van der Waals surface area contributed by atoms with Crippen LogP contribution in [0.2, 0.25) is 31.0 Å². The van der Waals surface area contributed by atoms with Crippen molar-refractivity contribution < 1.29 is 4.74 Å². The topological polar surface area (TPSA) is 56.8 Å². The summed E-state index contributed by atoms with van der Waals surface area (Å²) in [5, 5.41) is 2.31. The molecule has 0 fully saturated rings. The summed E-state index contributed by atoms with van der Waals surface area (Å²) in [6.45, 7) is 16.9. The molecule has 2 aliphatic rings. The van der Waals surface area contributed by atoms with Crippen LogP contribution in [-0.4, -0.2) is 73.5 Å². The van der Waals surface area contributed by atoms with Crippen LogP contribution in [0.5, 0.6) is 0 Å². The Hall–Kier alpha value is -1.71. The van der Waals surface area contributed by atoms with Gasteiger partial charge in [-0.3, -0.25) is 5.01 Å². The Balaban J connectivity index is 1.69. The lowest BCUT2D eigenvalue weighted by Gasteiger charge is -2.33. The molecule has 9 heteroatoms. The Morgan fingerprint density at radius 2 is 2.00 bits per heavy atom. The molecule has 33 heavy (non-hydrogen) atoms. The number of aromatic nitrogens is 2. The maximum absolute atomic E-state index is 6.16. The van der Waals surface area contributed by atoms with Gasteiger partial charge in [-0.05, 0) is 61.4 Å². The molecule has 1 aliphatic heterocycles. The first-order valence-electron chi connectivity index (χ1n) is 12.0. The van der Waals surface area contributed by atoms with Crippen LogP contribution in [0.3, 0.4) is 0 Å². The van der Waals surface area contributed by atoms with E-state index in [2.05, 4.69) is 88.1 Å². The third-order valence-corrected chi connectivity index (χ3v) is 7.85. The molecule has 1 aromatic rings. The van der Waals surface area contributed by atoms with Crippen LogP contribution in [0.25, 0.3) is 0 Å². The summed E-state index contributed by atoms with van der Waals surface area (Å²) < 4.78 is 5.96. The highest BCUT2D eigenvalue weighted by Gasteiger charge is 2.31. The van der Waals surface area contributed by atoms with Crippen LogP contribution in [0.1, 0.15) is 20.3 Å². The number of ether oxygens (including phenoxy) is 1. The van der Waals surface area contributed by atoms with E-state index in [9.17, 15) is 0 Å². The van der Waals surface area contributed by atoms with Gasteiger partial charge in [-0.1, -0.05) is 45.6 Å². The number of halogens is 1. The molecule has 1 unspecified atom stereocenters. The van der Waals surface area contributed by atoms with E-state index in [1.165, 1.54) is 11.6 Å². The van der Waals surface area contributed by atoms with E-state index in [-0.39, 0.29) is 11.3 Å². The minimum Gasteiger partial charge on any atom is -0.360 e. The number of nitrogens with zero attached hydrogens (tertiary/aromatic N) is 5. The SMILES string of the molecule is CCN(CC)CCCN(C1=CC=CC2=CN(COCC[Si](C)(C)C)NC21)c1ccnc(Cl)n1. The Kier molecular flexibility index (Phi) is 9.52. The first kappa shape index (κ1) is 25.9. The lowest BCUT2D eigenvalue weighted by atomic mass is 9.99. The number of anilines is 1. The summed E-state index contributed by atoms with van der Waals surface area (Å²) in [5.74, 6) is 0.821. The Bertz CT molecular complexity index is 865. The maximum atomic E-state index is 6.16. The molecule has 0 amide bonds. The number of rotatable bonds is 13. The Morgan fingerprint density at radius 3 is 2.70 bits per heavy atom. The highest BCUT2D eigenvalue weighted by molar-refractivity contribution is 6.76. The molecule has 0 spiro atoms. The van der Waals surface area contributed by atoms with Crippen molar-refractivity contribution >= 4 is 25.5 Å². The number of nitrogens with one attached hydrogen (secondary N) is 1. The van der Waals surface area contributed by atoms with Crippen LogP contribution >= 0.6 is 11.6 Å². The normalized spacial score (nSPS) is 17.9. The molecule has 1 aromatic heterocycles. The van der Waals surface area contributed by atoms with E-state index in [1.54, 1.807) is 6.20 Å². The van der Waals surface area contributed by atoms with E-state index >= 15 is 0 Å². The van der Waals surface area contributed by atoms with Gasteiger partial charge in [-0.15, -0.1) is 0 Å². The van der Waals surface area contributed by atoms with Gasteiger partial charge in [0.15, 0.2) is 0 Å². The predicted octanol–water partition coefficient (Wildman–Crippen LogP) is 4.51. The van der Waals surface area contributed by atoms with Crippen LogP contribution < -0.4 is 10.3 Å². The summed E-state index contributed by atoms with van der Waals surface area (Å²) >= 11 is 6.16. The van der Waals surface area contributed by atoms with E-state index in [1.807, 2.05) is 6.07 Å². The summed E-state index contributed by atoms with van der Waals surface area (Å²) in [6.07, 6.45) is 11.3. The standard InChI is InChI=1S/C24H39ClN6OSi/c1-6-29(7-2)14-9-15-31(22-12-13-26-24(25)27-22)21-11-8-10-20-18-30(28-23(20)21)19-32-16-17-33(3,4)5/h8,10-13,18,23,28H,6-7,9,14-17,19H2,1-5H3. The zero-order valence-corrected chi connectivity index (χ0v) is 22.5. The third kappa shape index (κ3) is 7.65. The Labute approximate surface area is 205 Å². The van der Waals surface area contributed by atoms with Crippen molar-refractivity contribution in [1.29, 1.82) is 0 Å². The molecule has 7 nitrogen and oxygen atoms in total. The summed E-state index contributed by atoms with van der Waals surface area (Å²) in [5.41, 5.74) is 5.98. The fourth-order valence-corrected chi connectivity index (χ4v) is 4.87. The maximum Gasteiger partial charge on any atom is 0.224 e. The van der Waals surface area contributed by atoms with Crippen molar-refractivity contribution in [3.63, 3.8) is 0 Å². The summed E-state index contributed by atoms with van der Waals surface area (Å²) in [4.78, 5) is 13.3. The smallest absolute Gasteiger partial charge is 0.224 e. The van der Waals surface area contributed by atoms with Crippen LogP contribution in [-0.2, 0) is 4.74 Å². The fourth-order valence-electron chi connectivity index (χ4n) is 3.97. The fraction of sp³-hybridized carbons (Fsp3) is 0.583. The van der Waals surface area contributed by atoms with Gasteiger partial charge >= 0.3 is 0 Å². The van der Waals surface area contributed by atoms with Gasteiger partial charge in [0.2, 0.25) is 5.28 Å². The van der Waals surface area contributed by atoms with Crippen LogP contribution in [0.4, 0.5) is 5.82 Å². The zero-order chi connectivity index (χ0) is 23.8. The first-order chi connectivity index (χ1) is 15.8. The molecule has 2 heterocycles. The minimum absolute atomic E-state index is 0.0535. The van der Waals surface area contributed by atoms with Gasteiger partial charge in [-0.2, -0.15) is 0 Å². The molecule has 0 aromatic carbocycles. The van der Waals surface area contributed by atoms with E-state index in [0.29, 0.717) is 6.73 Å². The second-order valence-corrected chi connectivity index (χ2v) is 15.6. The van der Waals surface area contributed by atoms with E-state index in [0.717, 1.165) is 50.7 Å². The number of allylic oxidation sites excluding steroid dienone is 2. The molecule has 182 valence electrons. The van der Waals surface area contributed by atoms with Gasteiger partial charge in [-0.25, -0.2) is 15.4 Å². The number of hydrazine groups is 1. The minimum atomic E-state index is -1.09. The van der Waals surface area contributed by atoms with Crippen molar-refractivity contribution in [1.82, 2.24) is 25.3 Å². The molecule has 0 saturated heterocycles. The molecule has 0 radical (unpaired) electrons. The van der Waals surface area contributed by atoms with Gasteiger partial charge in [0.25, 0.3) is 0 Å². The van der Waals surface area contributed by atoms with Crippen molar-refractivity contribution in [2.75, 3.05) is 44.4 Å². The molecule has 0 saturated carbocycles. The first-order valence-corrected chi connectivity index (χ1v) is 16.1. The predicted molar refractivity (Wildman–Crippen MR) is 140 cm³/mol. The molecular weight excluding hydrogens is 452 g/mol. The number of hydrogen-bond acceptors (Lipinski definition) is 7. The van der Waals surface area contributed by atoms with Crippen LogP contribution in [0, 0.1) is 0 Å². The second-order valence-electron chi connectivity index (χ2n) is 9.68. The molecule has 3 rings (SSSR count). The Morgan fingerprint density at radius 1 is 1.21 bits per heavy atom. The van der Waals surface area contributed by atoms with Crippen molar-refractivity contribution in [2.24, 2.45) is 0 Å². The number of hydrogen-bond donors (Lipinski definition) is 1. The van der Waals surface area contributed by atoms with Gasteiger partial charge in [0.1, 0.15) is 12.5 Å². The summed E-state index contributed by atoms with van der Waals surface area (Å²) in [6, 6.07) is 3.15. The van der Waals surface area contributed by atoms with Crippen molar-refractivity contribution in [3.05, 3.63) is 53.2 Å². The monoisotopic (exact) mass is 490 g/mol. The molecule has 1 aliphatic carbocycles. The van der Waals surface area contributed by atoms with Crippen molar-refractivity contribution in [3.8, 4) is 0 Å². The lowest BCUT2D eigenvalue weighted by molar-refractivity contribution is 0.0396. The lowest BCUT2D eigenvalue weighted by Crippen LogP contribution is -2.44. The highest BCUT2D eigenvalue weighted by atomic mass is 35.5. The second kappa shape index (κ2) is 12.1. The molecule has 1 N–H and O–H groups in total. The number of fused-ring (bicyclic) bond motifs is 1. The van der Waals surface area contributed by atoms with Crippen molar-refractivity contribution in [2.45, 2.75) is 52.0 Å². The zero-order valence-electron chi connectivity index (χ0n) is 20.7. The van der Waals surface area contributed by atoms with Gasteiger partial charge in [0.05, 0.1) is 6.04 Å². The largest absolute Gasteiger partial charge is 0.360 e. The third-order valence-electron chi connectivity index (χ3n) is 5.96. The molecule has 1 atom stereocenters. The average molecular weight is 491 g/mol. The average Bonchev–Trinajstić information content (AvgIpc) is 3.20. The molecular formula is C24H39ClN6OSi.